The fourth-order valence-electron chi connectivity index (χ4n) is 9.09. The van der Waals surface area contributed by atoms with Crippen molar-refractivity contribution in [3.05, 3.63) is 243 Å². The van der Waals surface area contributed by atoms with Gasteiger partial charge in [0.05, 0.1) is 33.8 Å². The summed E-state index contributed by atoms with van der Waals surface area (Å²) >= 11 is 0. The second-order valence-corrected chi connectivity index (χ2v) is 16.6. The third-order valence-electron chi connectivity index (χ3n) is 12.5. The topological polar surface area (TPSA) is 51.6 Å². The van der Waals surface area contributed by atoms with Gasteiger partial charge in [0.25, 0.3) is 0 Å². The number of hydrogen-bond donors (Lipinski definition) is 0. The number of pyridine rings is 2. The Morgan fingerprint density at radius 3 is 1.44 bits per heavy atom. The lowest BCUT2D eigenvalue weighted by Gasteiger charge is -2.14. The molecule has 4 heteroatoms. The molecule has 12 rings (SSSR count). The summed E-state index contributed by atoms with van der Waals surface area (Å²) in [7, 11) is 0. The lowest BCUT2D eigenvalue weighted by Crippen LogP contribution is -1.96. The molecule has 308 valence electrons. The Kier molecular flexibility index (Phi) is 9.81. The molecule has 0 fully saturated rings. The summed E-state index contributed by atoms with van der Waals surface area (Å²) < 4.78 is 0. The first kappa shape index (κ1) is 38.8. The van der Waals surface area contributed by atoms with Gasteiger partial charge < -0.3 is 0 Å². The Labute approximate surface area is 383 Å². The first-order valence-electron chi connectivity index (χ1n) is 22.3. The molecule has 3 heterocycles. The van der Waals surface area contributed by atoms with Crippen molar-refractivity contribution in [2.45, 2.75) is 0 Å². The standard InChI is InChI=1S/C62H40N4/c1-4-14-41(15-5-1)42-28-32-48(33-29-42)58-40-57(47-19-8-3-9-20-47)65-62(66-58)51-23-12-22-50(38-51)43-26-30-45(31-27-43)55-39-59(53-25-13-21-44-16-10-11-24-52(44)53)64-61-54(55)36-34-49-35-37-56(63-60(49)61)46-17-6-2-7-18-46/h1-40H. The number of fused-ring (bicyclic) bond motifs is 4. The largest absolute Gasteiger partial charge is 0.245 e. The molecule has 66 heavy (non-hydrogen) atoms. The molecule has 0 N–H and O–H groups in total. The molecule has 0 atom stereocenters. The van der Waals surface area contributed by atoms with E-state index in [4.69, 9.17) is 19.9 Å². The van der Waals surface area contributed by atoms with Gasteiger partial charge in [-0.15, -0.1) is 0 Å². The van der Waals surface area contributed by atoms with Crippen LogP contribution >= 0.6 is 0 Å². The Morgan fingerprint density at radius 1 is 0.212 bits per heavy atom. The highest BCUT2D eigenvalue weighted by molar-refractivity contribution is 6.10. The molecule has 3 aromatic heterocycles. The molecule has 0 radical (unpaired) electrons. The molecule has 0 spiro atoms. The van der Waals surface area contributed by atoms with E-state index < -0.39 is 0 Å². The van der Waals surface area contributed by atoms with Crippen LogP contribution in [0.25, 0.3) is 122 Å². The lowest BCUT2D eigenvalue weighted by atomic mass is 9.94. The van der Waals surface area contributed by atoms with Crippen LogP contribution in [0.4, 0.5) is 0 Å². The maximum Gasteiger partial charge on any atom is 0.160 e. The summed E-state index contributed by atoms with van der Waals surface area (Å²) in [4.78, 5) is 21.1. The zero-order valence-corrected chi connectivity index (χ0v) is 35.9. The van der Waals surface area contributed by atoms with Crippen LogP contribution in [-0.4, -0.2) is 19.9 Å². The van der Waals surface area contributed by atoms with Crippen LogP contribution in [0.1, 0.15) is 0 Å². The lowest BCUT2D eigenvalue weighted by molar-refractivity contribution is 1.18. The number of rotatable bonds is 8. The highest BCUT2D eigenvalue weighted by atomic mass is 14.9. The molecule has 0 bridgehead atoms. The predicted octanol–water partition coefficient (Wildman–Crippen LogP) is 16.1. The summed E-state index contributed by atoms with van der Waals surface area (Å²) in [5.74, 6) is 0.678. The Bertz CT molecular complexity index is 3710. The van der Waals surface area contributed by atoms with Crippen LogP contribution in [0.5, 0.6) is 0 Å². The van der Waals surface area contributed by atoms with Crippen molar-refractivity contribution in [3.8, 4) is 89.8 Å². The first-order valence-corrected chi connectivity index (χ1v) is 22.3. The Morgan fingerprint density at radius 2 is 0.712 bits per heavy atom. The maximum absolute atomic E-state index is 5.44. The highest BCUT2D eigenvalue weighted by Crippen LogP contribution is 2.39. The summed E-state index contributed by atoms with van der Waals surface area (Å²) in [6.45, 7) is 0. The number of hydrogen-bond acceptors (Lipinski definition) is 4. The molecule has 9 aromatic carbocycles. The van der Waals surface area contributed by atoms with E-state index in [1.54, 1.807) is 0 Å². The maximum atomic E-state index is 5.44. The molecule has 0 saturated carbocycles. The normalized spacial score (nSPS) is 11.3. The molecule has 0 aliphatic heterocycles. The number of aromatic nitrogens is 4. The van der Waals surface area contributed by atoms with E-state index >= 15 is 0 Å². The van der Waals surface area contributed by atoms with E-state index in [1.807, 2.05) is 18.2 Å². The average molecular weight is 841 g/mol. The van der Waals surface area contributed by atoms with Gasteiger partial charge in [0.2, 0.25) is 0 Å². The second-order valence-electron chi connectivity index (χ2n) is 16.6. The first-order chi connectivity index (χ1) is 32.7. The van der Waals surface area contributed by atoms with Gasteiger partial charge in [-0.1, -0.05) is 218 Å². The van der Waals surface area contributed by atoms with Gasteiger partial charge in [0.1, 0.15) is 0 Å². The third kappa shape index (κ3) is 7.36. The minimum absolute atomic E-state index is 0.678. The van der Waals surface area contributed by atoms with E-state index in [0.29, 0.717) is 5.82 Å². The van der Waals surface area contributed by atoms with E-state index in [1.165, 1.54) is 16.5 Å². The molecule has 0 aliphatic carbocycles. The fourth-order valence-corrected chi connectivity index (χ4v) is 9.09. The summed E-state index contributed by atoms with van der Waals surface area (Å²) in [5, 5.41) is 4.45. The van der Waals surface area contributed by atoms with Gasteiger partial charge >= 0.3 is 0 Å². The second kappa shape index (κ2) is 16.7. The monoisotopic (exact) mass is 840 g/mol. The molecular formula is C62H40N4. The van der Waals surface area contributed by atoms with Gasteiger partial charge in [-0.2, -0.15) is 0 Å². The van der Waals surface area contributed by atoms with Crippen molar-refractivity contribution in [2.24, 2.45) is 0 Å². The summed E-state index contributed by atoms with van der Waals surface area (Å²) in [6, 6.07) is 85.2. The Balaban J connectivity index is 0.948. The zero-order chi connectivity index (χ0) is 43.8. The van der Waals surface area contributed by atoms with E-state index in [2.05, 4.69) is 224 Å². The minimum Gasteiger partial charge on any atom is -0.245 e. The summed E-state index contributed by atoms with van der Waals surface area (Å²) in [6.07, 6.45) is 0. The van der Waals surface area contributed by atoms with Crippen LogP contribution in [0.3, 0.4) is 0 Å². The fraction of sp³-hybridized carbons (Fsp3) is 0. The molecule has 4 nitrogen and oxygen atoms in total. The van der Waals surface area contributed by atoms with Crippen molar-refractivity contribution in [1.82, 2.24) is 19.9 Å². The molecule has 0 amide bonds. The van der Waals surface area contributed by atoms with Crippen molar-refractivity contribution in [1.29, 1.82) is 0 Å². The SMILES string of the molecule is c1ccc(-c2ccc(-c3cc(-c4ccccc4)nc(-c4cccc(-c5ccc(-c6cc(-c7cccc8ccccc78)nc7c6ccc6ccc(-c8ccccc8)nc67)cc5)c4)n3)cc2)cc1. The van der Waals surface area contributed by atoms with Gasteiger partial charge in [-0.25, -0.2) is 19.9 Å². The smallest absolute Gasteiger partial charge is 0.160 e. The highest BCUT2D eigenvalue weighted by Gasteiger charge is 2.17. The molecular weight excluding hydrogens is 801 g/mol. The predicted molar refractivity (Wildman–Crippen MR) is 274 cm³/mol. The number of nitrogens with zero attached hydrogens (tertiary/aromatic N) is 4. The third-order valence-corrected chi connectivity index (χ3v) is 12.5. The van der Waals surface area contributed by atoms with Crippen LogP contribution in [0, 0.1) is 0 Å². The molecule has 0 saturated heterocycles. The van der Waals surface area contributed by atoms with Crippen molar-refractivity contribution in [2.75, 3.05) is 0 Å². The van der Waals surface area contributed by atoms with E-state index in [0.717, 1.165) is 100 Å². The zero-order valence-electron chi connectivity index (χ0n) is 35.9. The summed E-state index contributed by atoms with van der Waals surface area (Å²) in [5.41, 5.74) is 17.3. The van der Waals surface area contributed by atoms with Crippen molar-refractivity contribution >= 4 is 32.6 Å². The minimum atomic E-state index is 0.678. The average Bonchev–Trinajstić information content (AvgIpc) is 3.41. The van der Waals surface area contributed by atoms with Gasteiger partial charge in [-0.05, 0) is 68.4 Å². The number of benzene rings is 9. The van der Waals surface area contributed by atoms with Crippen LogP contribution in [-0.2, 0) is 0 Å². The van der Waals surface area contributed by atoms with E-state index in [-0.39, 0.29) is 0 Å². The van der Waals surface area contributed by atoms with E-state index in [9.17, 15) is 0 Å². The van der Waals surface area contributed by atoms with Crippen LogP contribution in [0.15, 0.2) is 243 Å². The van der Waals surface area contributed by atoms with Crippen LogP contribution in [0.2, 0.25) is 0 Å². The van der Waals surface area contributed by atoms with Crippen LogP contribution < -0.4 is 0 Å². The van der Waals surface area contributed by atoms with Gasteiger partial charge in [0, 0.05) is 38.6 Å². The van der Waals surface area contributed by atoms with Crippen molar-refractivity contribution in [3.63, 3.8) is 0 Å². The molecule has 12 aromatic rings. The van der Waals surface area contributed by atoms with Gasteiger partial charge in [0.15, 0.2) is 5.82 Å². The van der Waals surface area contributed by atoms with Gasteiger partial charge in [-0.3, -0.25) is 0 Å². The Hall–Kier alpha value is -8.86. The molecule has 0 aliphatic rings. The molecule has 0 unspecified atom stereocenters. The van der Waals surface area contributed by atoms with Crippen molar-refractivity contribution < 1.29 is 0 Å². The quantitative estimate of drug-likeness (QED) is 0.143.